The van der Waals surface area contributed by atoms with Gasteiger partial charge in [-0.15, -0.1) is 0 Å². The Balaban J connectivity index is 1.52. The summed E-state index contributed by atoms with van der Waals surface area (Å²) in [5.74, 6) is -5.77. The number of allylic oxidation sites excluding steroid dienone is 2. The van der Waals surface area contributed by atoms with E-state index in [1.807, 2.05) is 0 Å². The average Bonchev–Trinajstić information content (AvgIpc) is 3.53. The van der Waals surface area contributed by atoms with Crippen LogP contribution < -0.4 is 10.1 Å². The molecule has 2 saturated heterocycles. The van der Waals surface area contributed by atoms with E-state index in [0.29, 0.717) is 44.0 Å². The monoisotopic (exact) mass is 622 g/mol. The van der Waals surface area contributed by atoms with E-state index in [9.17, 15) is 32.3 Å². The summed E-state index contributed by atoms with van der Waals surface area (Å²) in [7, 11) is 1.49. The molecule has 12 heteroatoms. The van der Waals surface area contributed by atoms with Gasteiger partial charge in [0, 0.05) is 31.8 Å². The van der Waals surface area contributed by atoms with Crippen molar-refractivity contribution in [2.75, 3.05) is 46.6 Å². The second kappa shape index (κ2) is 14.8. The van der Waals surface area contributed by atoms with Crippen molar-refractivity contribution < 1.29 is 46.6 Å². The Labute approximate surface area is 255 Å². The van der Waals surface area contributed by atoms with Crippen molar-refractivity contribution in [3.63, 3.8) is 0 Å². The molecule has 1 N–H and O–H groups in total. The van der Waals surface area contributed by atoms with Gasteiger partial charge in [0.1, 0.15) is 23.1 Å². The molecule has 2 fully saturated rings. The van der Waals surface area contributed by atoms with Gasteiger partial charge >= 0.3 is 6.18 Å². The predicted molar refractivity (Wildman–Crippen MR) is 154 cm³/mol. The Bertz CT molecular complexity index is 1220. The van der Waals surface area contributed by atoms with E-state index in [4.69, 9.17) is 14.2 Å². The van der Waals surface area contributed by atoms with Crippen molar-refractivity contribution in [1.82, 2.24) is 10.2 Å². The zero-order valence-corrected chi connectivity index (χ0v) is 25.3. The molecule has 0 bridgehead atoms. The fourth-order valence-corrected chi connectivity index (χ4v) is 5.74. The summed E-state index contributed by atoms with van der Waals surface area (Å²) in [5.41, 5.74) is 0.656. The molecule has 0 radical (unpaired) electrons. The lowest BCUT2D eigenvalue weighted by atomic mass is 9.83. The van der Waals surface area contributed by atoms with Crippen LogP contribution >= 0.6 is 0 Å². The summed E-state index contributed by atoms with van der Waals surface area (Å²) in [6.45, 7) is 3.25. The highest BCUT2D eigenvalue weighted by Gasteiger charge is 2.50. The Hall–Kier alpha value is -3.09. The summed E-state index contributed by atoms with van der Waals surface area (Å²) in [4.78, 5) is 54.7. The first kappa shape index (κ1) is 33.8. The molecule has 242 valence electrons. The van der Waals surface area contributed by atoms with Gasteiger partial charge in [-0.1, -0.05) is 23.8 Å². The minimum atomic E-state index is -5.01. The highest BCUT2D eigenvalue weighted by molar-refractivity contribution is 5.97. The smallest absolute Gasteiger partial charge is 0.400 e. The van der Waals surface area contributed by atoms with Gasteiger partial charge in [-0.05, 0) is 56.7 Å². The Morgan fingerprint density at radius 2 is 1.75 bits per heavy atom. The molecule has 0 spiro atoms. The number of ketones is 3. The maximum Gasteiger partial charge on any atom is 0.400 e. The number of benzene rings is 1. The number of morpholine rings is 1. The Kier molecular flexibility index (Phi) is 11.4. The van der Waals surface area contributed by atoms with Crippen LogP contribution in [-0.2, 0) is 35.1 Å². The molecule has 3 aliphatic rings. The lowest BCUT2D eigenvalue weighted by Gasteiger charge is -2.27. The molecule has 0 aromatic heterocycles. The molecular weight excluding hydrogens is 581 g/mol. The van der Waals surface area contributed by atoms with Crippen molar-refractivity contribution in [1.29, 1.82) is 0 Å². The van der Waals surface area contributed by atoms with E-state index in [1.165, 1.54) is 7.11 Å². The number of hydrogen-bond acceptors (Lipinski definition) is 8. The van der Waals surface area contributed by atoms with Gasteiger partial charge in [0.15, 0.2) is 11.6 Å². The number of carbonyl (C=O) groups excluding carboxylic acids is 4. The predicted octanol–water partition coefficient (Wildman–Crippen LogP) is 3.63. The molecule has 1 aliphatic carbocycles. The normalized spacial score (nSPS) is 22.4. The van der Waals surface area contributed by atoms with Crippen LogP contribution in [0.5, 0.6) is 5.75 Å². The van der Waals surface area contributed by atoms with E-state index in [1.54, 1.807) is 36.1 Å². The number of ether oxygens (including phenoxy) is 3. The number of alkyl halides is 3. The van der Waals surface area contributed by atoms with Crippen molar-refractivity contribution >= 4 is 23.3 Å². The summed E-state index contributed by atoms with van der Waals surface area (Å²) in [5, 5.41) is 2.32. The molecule has 1 aromatic rings. The number of carbonyl (C=O) groups is 4. The van der Waals surface area contributed by atoms with Gasteiger partial charge < -0.3 is 19.5 Å². The van der Waals surface area contributed by atoms with E-state index in [0.717, 1.165) is 24.8 Å². The van der Waals surface area contributed by atoms with Gasteiger partial charge in [0.25, 0.3) is 0 Å². The number of halogens is 3. The first-order valence-electron chi connectivity index (χ1n) is 15.1. The second-order valence-electron chi connectivity index (χ2n) is 12.0. The van der Waals surface area contributed by atoms with Gasteiger partial charge in [0.2, 0.25) is 5.91 Å². The Morgan fingerprint density at radius 3 is 2.32 bits per heavy atom. The minimum Gasteiger partial charge on any atom is -0.497 e. The highest BCUT2D eigenvalue weighted by atomic mass is 19.4. The number of epoxide rings is 1. The fraction of sp³-hybridized carbons (Fsp3) is 0.625. The first-order chi connectivity index (χ1) is 20.9. The van der Waals surface area contributed by atoms with Crippen molar-refractivity contribution in [3.8, 4) is 5.75 Å². The van der Waals surface area contributed by atoms with Crippen LogP contribution in [0.4, 0.5) is 13.2 Å². The average molecular weight is 623 g/mol. The zero-order chi connectivity index (χ0) is 31.9. The quantitative estimate of drug-likeness (QED) is 0.220. The van der Waals surface area contributed by atoms with Crippen molar-refractivity contribution in [3.05, 3.63) is 41.5 Å². The zero-order valence-electron chi connectivity index (χ0n) is 25.3. The van der Waals surface area contributed by atoms with E-state index < -0.39 is 53.5 Å². The lowest BCUT2D eigenvalue weighted by molar-refractivity contribution is -0.186. The second-order valence-corrected chi connectivity index (χ2v) is 12.0. The number of rotatable bonds is 16. The van der Waals surface area contributed by atoms with Crippen LogP contribution in [-0.4, -0.2) is 92.5 Å². The highest BCUT2D eigenvalue weighted by Crippen LogP contribution is 2.36. The molecule has 9 nitrogen and oxygen atoms in total. The van der Waals surface area contributed by atoms with Crippen molar-refractivity contribution in [2.45, 2.75) is 69.7 Å². The minimum absolute atomic E-state index is 0.0990. The standard InChI is InChI=1S/C32H41F3N2O7/c1-31(20-44-31)29(40)23(15-21-5-3-4-6-21)17-28(39)27(16-22-7-9-25(42-2)10-8-22)36-30(41)26(32(33,34)35)18-24(38)19-37-11-13-43-14-12-37/h5,7-10,23,26-27H,3-4,6,11-20H2,1-2H3,(H,36,41)/t23-,26-,27+,31-/m1/s1. The van der Waals surface area contributed by atoms with Crippen LogP contribution in [0.2, 0.25) is 0 Å². The van der Waals surface area contributed by atoms with E-state index in [-0.39, 0.29) is 31.8 Å². The van der Waals surface area contributed by atoms with Gasteiger partial charge in [-0.3, -0.25) is 24.1 Å². The summed E-state index contributed by atoms with van der Waals surface area (Å²) < 4.78 is 58.2. The molecule has 0 saturated carbocycles. The SMILES string of the molecule is COc1ccc(C[C@H](NC(=O)[C@@H](CC(=O)CN2CCOCC2)C(F)(F)F)C(=O)C[C@@H](CC2=CCCC2)C(=O)[C@@]2(C)CO2)cc1. The van der Waals surface area contributed by atoms with Gasteiger partial charge in [-0.25, -0.2) is 0 Å². The number of amides is 1. The number of Topliss-reactive ketones (excluding diaryl/α,β-unsaturated/α-hetero) is 3. The van der Waals surface area contributed by atoms with E-state index in [2.05, 4.69) is 11.4 Å². The molecular formula is C32H41F3N2O7. The maximum atomic E-state index is 14.1. The largest absolute Gasteiger partial charge is 0.497 e. The van der Waals surface area contributed by atoms with Gasteiger partial charge in [0.05, 0.1) is 39.5 Å². The molecule has 44 heavy (non-hydrogen) atoms. The Morgan fingerprint density at radius 1 is 1.07 bits per heavy atom. The molecule has 2 aliphatic heterocycles. The maximum absolute atomic E-state index is 14.1. The first-order valence-corrected chi connectivity index (χ1v) is 15.1. The third kappa shape index (κ3) is 9.45. The molecule has 0 unspecified atom stereocenters. The van der Waals surface area contributed by atoms with E-state index >= 15 is 0 Å². The third-order valence-electron chi connectivity index (χ3n) is 8.51. The summed E-state index contributed by atoms with van der Waals surface area (Å²) >= 11 is 0. The number of methoxy groups -OCH3 is 1. The van der Waals surface area contributed by atoms with Crippen LogP contribution in [0, 0.1) is 11.8 Å². The van der Waals surface area contributed by atoms with Crippen molar-refractivity contribution in [2.24, 2.45) is 11.8 Å². The summed E-state index contributed by atoms with van der Waals surface area (Å²) in [6, 6.07) is 5.25. The molecule has 4 atom stereocenters. The topological polar surface area (TPSA) is 115 Å². The lowest BCUT2D eigenvalue weighted by Crippen LogP contribution is -2.50. The molecule has 2 heterocycles. The molecule has 1 amide bonds. The number of hydrogen-bond donors (Lipinski definition) is 1. The molecule has 4 rings (SSSR count). The van der Waals surface area contributed by atoms with Crippen LogP contribution in [0.3, 0.4) is 0 Å². The fourth-order valence-electron chi connectivity index (χ4n) is 5.74. The third-order valence-corrected chi connectivity index (χ3v) is 8.51. The van der Waals surface area contributed by atoms with Gasteiger partial charge in [-0.2, -0.15) is 13.2 Å². The summed E-state index contributed by atoms with van der Waals surface area (Å²) in [6.07, 6.45) is -1.35. The number of nitrogens with zero attached hydrogens (tertiary/aromatic N) is 1. The molecule has 1 aromatic carbocycles. The number of nitrogens with one attached hydrogen (secondary N) is 1. The van der Waals surface area contributed by atoms with Crippen LogP contribution in [0.25, 0.3) is 0 Å². The van der Waals surface area contributed by atoms with Crippen LogP contribution in [0.15, 0.2) is 35.9 Å². The van der Waals surface area contributed by atoms with Crippen LogP contribution in [0.1, 0.15) is 51.0 Å².